The zero-order valence-corrected chi connectivity index (χ0v) is 12.4. The van der Waals surface area contributed by atoms with Gasteiger partial charge in [0.25, 0.3) is 0 Å². The van der Waals surface area contributed by atoms with Gasteiger partial charge in [0.05, 0.1) is 5.69 Å². The predicted octanol–water partition coefficient (Wildman–Crippen LogP) is 4.03. The van der Waals surface area contributed by atoms with E-state index < -0.39 is 11.9 Å². The molecule has 0 spiro atoms. The molecule has 2 rings (SSSR count). The molecule has 0 fully saturated rings. The second-order valence-electron chi connectivity index (χ2n) is 4.35. The summed E-state index contributed by atoms with van der Waals surface area (Å²) in [5.41, 5.74) is 0.996. The third-order valence-corrected chi connectivity index (χ3v) is 3.23. The van der Waals surface area contributed by atoms with E-state index in [-0.39, 0.29) is 11.6 Å². The van der Waals surface area contributed by atoms with E-state index in [9.17, 15) is 9.18 Å². The quantitative estimate of drug-likeness (QED) is 0.885. The van der Waals surface area contributed by atoms with Crippen LogP contribution in [0.5, 0.6) is 0 Å². The monoisotopic (exact) mass is 336 g/mol. The minimum Gasteiger partial charge on any atom is -0.371 e. The van der Waals surface area contributed by atoms with Gasteiger partial charge in [0.2, 0.25) is 5.91 Å². The van der Waals surface area contributed by atoms with Crippen molar-refractivity contribution in [1.82, 2.24) is 0 Å². The number of rotatable bonds is 4. The van der Waals surface area contributed by atoms with Crippen LogP contribution in [0.1, 0.15) is 6.92 Å². The van der Waals surface area contributed by atoms with Crippen LogP contribution in [0.3, 0.4) is 0 Å². The molecule has 0 aliphatic carbocycles. The van der Waals surface area contributed by atoms with Crippen molar-refractivity contribution in [3.8, 4) is 0 Å². The number of halogens is 2. The van der Waals surface area contributed by atoms with Gasteiger partial charge in [-0.25, -0.2) is 4.39 Å². The molecule has 2 aromatic carbocycles. The van der Waals surface area contributed by atoms with Gasteiger partial charge in [0, 0.05) is 10.2 Å². The highest BCUT2D eigenvalue weighted by Crippen LogP contribution is 2.21. The predicted molar refractivity (Wildman–Crippen MR) is 82.3 cm³/mol. The SMILES string of the molecule is CC(Nc1cc(Br)ccc1F)C(=O)Nc1ccccc1. The molecule has 5 heteroatoms. The third-order valence-electron chi connectivity index (χ3n) is 2.74. The topological polar surface area (TPSA) is 41.1 Å². The summed E-state index contributed by atoms with van der Waals surface area (Å²) in [4.78, 5) is 12.0. The lowest BCUT2D eigenvalue weighted by Crippen LogP contribution is -2.32. The molecule has 0 aliphatic heterocycles. The first-order valence-corrected chi connectivity index (χ1v) is 6.93. The van der Waals surface area contributed by atoms with Crippen LogP contribution < -0.4 is 10.6 Å². The maximum Gasteiger partial charge on any atom is 0.246 e. The van der Waals surface area contributed by atoms with Crippen molar-refractivity contribution < 1.29 is 9.18 Å². The average Bonchev–Trinajstić information content (AvgIpc) is 2.44. The summed E-state index contributed by atoms with van der Waals surface area (Å²) in [5, 5.41) is 5.61. The molecule has 20 heavy (non-hydrogen) atoms. The Kier molecular flexibility index (Phi) is 4.74. The van der Waals surface area contributed by atoms with Crippen molar-refractivity contribution in [1.29, 1.82) is 0 Å². The summed E-state index contributed by atoms with van der Waals surface area (Å²) >= 11 is 3.27. The van der Waals surface area contributed by atoms with Gasteiger partial charge in [-0.05, 0) is 37.3 Å². The number of hydrogen-bond acceptors (Lipinski definition) is 2. The van der Waals surface area contributed by atoms with Gasteiger partial charge in [-0.15, -0.1) is 0 Å². The molecule has 1 unspecified atom stereocenters. The maximum atomic E-state index is 13.6. The lowest BCUT2D eigenvalue weighted by molar-refractivity contribution is -0.116. The molecule has 1 atom stereocenters. The van der Waals surface area contributed by atoms with Crippen molar-refractivity contribution in [2.24, 2.45) is 0 Å². The van der Waals surface area contributed by atoms with E-state index in [2.05, 4.69) is 26.6 Å². The number of nitrogens with one attached hydrogen (secondary N) is 2. The molecule has 3 nitrogen and oxygen atoms in total. The van der Waals surface area contributed by atoms with Crippen molar-refractivity contribution in [3.05, 3.63) is 58.8 Å². The molecule has 2 N–H and O–H groups in total. The van der Waals surface area contributed by atoms with Crippen LogP contribution in [0.4, 0.5) is 15.8 Å². The second-order valence-corrected chi connectivity index (χ2v) is 5.26. The Hall–Kier alpha value is -1.88. The van der Waals surface area contributed by atoms with E-state index in [1.54, 1.807) is 31.2 Å². The van der Waals surface area contributed by atoms with Gasteiger partial charge in [-0.3, -0.25) is 4.79 Å². The van der Waals surface area contributed by atoms with Crippen LogP contribution in [0, 0.1) is 5.82 Å². The zero-order valence-electron chi connectivity index (χ0n) is 10.9. The fourth-order valence-electron chi connectivity index (χ4n) is 1.68. The minimum atomic E-state index is -0.556. The lowest BCUT2D eigenvalue weighted by atomic mass is 10.2. The van der Waals surface area contributed by atoms with Crippen LogP contribution in [-0.2, 0) is 4.79 Å². The van der Waals surface area contributed by atoms with Crippen LogP contribution >= 0.6 is 15.9 Å². The number of amides is 1. The highest BCUT2D eigenvalue weighted by atomic mass is 79.9. The van der Waals surface area contributed by atoms with Crippen LogP contribution in [0.25, 0.3) is 0 Å². The van der Waals surface area contributed by atoms with Gasteiger partial charge in [0.1, 0.15) is 11.9 Å². The Morgan fingerprint density at radius 1 is 1.20 bits per heavy atom. The minimum absolute atomic E-state index is 0.226. The van der Waals surface area contributed by atoms with Gasteiger partial charge >= 0.3 is 0 Å². The fourth-order valence-corrected chi connectivity index (χ4v) is 2.04. The standard InChI is InChI=1S/C15H14BrFN2O/c1-10(15(20)19-12-5-3-2-4-6-12)18-14-9-11(16)7-8-13(14)17/h2-10,18H,1H3,(H,19,20). The Balaban J connectivity index is 2.02. The van der Waals surface area contributed by atoms with Gasteiger partial charge < -0.3 is 10.6 Å². The molecule has 104 valence electrons. The Bertz CT molecular complexity index is 604. The molecule has 0 aromatic heterocycles. The highest BCUT2D eigenvalue weighted by Gasteiger charge is 2.14. The smallest absolute Gasteiger partial charge is 0.246 e. The summed E-state index contributed by atoms with van der Waals surface area (Å²) in [6.07, 6.45) is 0. The van der Waals surface area contributed by atoms with Crippen molar-refractivity contribution >= 4 is 33.2 Å². The summed E-state index contributed by atoms with van der Waals surface area (Å²) in [6, 6.07) is 13.1. The molecule has 0 heterocycles. The molecule has 1 amide bonds. The van der Waals surface area contributed by atoms with E-state index in [4.69, 9.17) is 0 Å². The molecule has 0 bridgehead atoms. The number of benzene rings is 2. The first kappa shape index (κ1) is 14.5. The second kappa shape index (κ2) is 6.52. The van der Waals surface area contributed by atoms with Crippen molar-refractivity contribution in [2.75, 3.05) is 10.6 Å². The molecule has 0 saturated carbocycles. The molecular formula is C15H14BrFN2O. The Morgan fingerprint density at radius 3 is 2.60 bits per heavy atom. The number of anilines is 2. The summed E-state index contributed by atoms with van der Waals surface area (Å²) in [7, 11) is 0. The van der Waals surface area contributed by atoms with Gasteiger partial charge in [-0.2, -0.15) is 0 Å². The van der Waals surface area contributed by atoms with E-state index in [1.807, 2.05) is 18.2 Å². The van der Waals surface area contributed by atoms with E-state index >= 15 is 0 Å². The lowest BCUT2D eigenvalue weighted by Gasteiger charge is -2.16. The summed E-state index contributed by atoms with van der Waals surface area (Å²) < 4.78 is 14.4. The zero-order chi connectivity index (χ0) is 14.5. The summed E-state index contributed by atoms with van der Waals surface area (Å²) in [5.74, 6) is -0.622. The molecule has 0 radical (unpaired) electrons. The largest absolute Gasteiger partial charge is 0.371 e. The van der Waals surface area contributed by atoms with Crippen LogP contribution in [0.2, 0.25) is 0 Å². The number of carbonyl (C=O) groups is 1. The average molecular weight is 337 g/mol. The summed E-state index contributed by atoms with van der Waals surface area (Å²) in [6.45, 7) is 1.68. The third kappa shape index (κ3) is 3.81. The van der Waals surface area contributed by atoms with E-state index in [0.29, 0.717) is 5.69 Å². The van der Waals surface area contributed by atoms with Crippen molar-refractivity contribution in [2.45, 2.75) is 13.0 Å². The van der Waals surface area contributed by atoms with Crippen LogP contribution in [0.15, 0.2) is 53.0 Å². The number of carbonyl (C=O) groups excluding carboxylic acids is 1. The Labute approximate surface area is 125 Å². The maximum absolute atomic E-state index is 13.6. The molecular weight excluding hydrogens is 323 g/mol. The normalized spacial score (nSPS) is 11.8. The molecule has 2 aromatic rings. The fraction of sp³-hybridized carbons (Fsp3) is 0.133. The number of para-hydroxylation sites is 1. The first-order valence-electron chi connectivity index (χ1n) is 6.14. The van der Waals surface area contributed by atoms with Gasteiger partial charge in [0.15, 0.2) is 0 Å². The Morgan fingerprint density at radius 2 is 1.90 bits per heavy atom. The van der Waals surface area contributed by atoms with Crippen LogP contribution in [-0.4, -0.2) is 11.9 Å². The first-order chi connectivity index (χ1) is 9.56. The van der Waals surface area contributed by atoms with E-state index in [0.717, 1.165) is 4.47 Å². The molecule has 0 saturated heterocycles. The van der Waals surface area contributed by atoms with E-state index in [1.165, 1.54) is 6.07 Å². The van der Waals surface area contributed by atoms with Crippen molar-refractivity contribution in [3.63, 3.8) is 0 Å². The number of hydrogen-bond donors (Lipinski definition) is 2. The molecule has 0 aliphatic rings. The van der Waals surface area contributed by atoms with Gasteiger partial charge in [-0.1, -0.05) is 34.1 Å². The highest BCUT2D eigenvalue weighted by molar-refractivity contribution is 9.10.